The first-order valence-electron chi connectivity index (χ1n) is 7.88. The van der Waals surface area contributed by atoms with Crippen molar-refractivity contribution in [3.63, 3.8) is 0 Å². The highest BCUT2D eigenvalue weighted by molar-refractivity contribution is 8.31. The second kappa shape index (κ2) is 13.9. The van der Waals surface area contributed by atoms with Gasteiger partial charge in [-0.15, -0.1) is 0 Å². The fourth-order valence-corrected chi connectivity index (χ4v) is 2.36. The van der Waals surface area contributed by atoms with Gasteiger partial charge in [-0.05, 0) is 42.8 Å². The molecule has 2 aromatic carbocycles. The average Bonchev–Trinajstić information content (AvgIpc) is 2.61. The highest BCUT2D eigenvalue weighted by Crippen LogP contribution is 2.19. The van der Waals surface area contributed by atoms with Crippen LogP contribution in [0.5, 0.6) is 11.5 Å². The van der Waals surface area contributed by atoms with E-state index in [0.29, 0.717) is 12.4 Å². The summed E-state index contributed by atoms with van der Waals surface area (Å²) in [6.45, 7) is 2.72. The van der Waals surface area contributed by atoms with Gasteiger partial charge < -0.3 is 9.47 Å². The summed E-state index contributed by atoms with van der Waals surface area (Å²) >= 11 is 0. The number of rotatable bonds is 6. The molecule has 2 rings (SSSR count). The van der Waals surface area contributed by atoms with Gasteiger partial charge in [0.1, 0.15) is 11.5 Å². The number of hydrogen-bond donors (Lipinski definition) is 0. The summed E-state index contributed by atoms with van der Waals surface area (Å²) in [5.74, 6) is 1.57. The van der Waals surface area contributed by atoms with E-state index in [1.807, 2.05) is 30.3 Å². The van der Waals surface area contributed by atoms with E-state index in [1.54, 1.807) is 19.2 Å². The van der Waals surface area contributed by atoms with Crippen LogP contribution in [0.3, 0.4) is 0 Å². The maximum Gasteiger partial charge on any atom is 0.317 e. The van der Waals surface area contributed by atoms with E-state index >= 15 is 0 Å². The zero-order chi connectivity index (χ0) is 21.6. The molecule has 0 saturated carbocycles. The van der Waals surface area contributed by atoms with Gasteiger partial charge in [0, 0.05) is 32.0 Å². The van der Waals surface area contributed by atoms with Gasteiger partial charge in [-0.25, -0.2) is 8.42 Å². The molecule has 0 heterocycles. The summed E-state index contributed by atoms with van der Waals surface area (Å²) in [6.07, 6.45) is 2.05. The fraction of sp³-hybridized carbons (Fsp3) is 0.294. The highest BCUT2D eigenvalue weighted by atomic mass is 36.0. The predicted molar refractivity (Wildman–Crippen MR) is 114 cm³/mol. The Bertz CT molecular complexity index is 863. The Morgan fingerprint density at radius 1 is 0.821 bits per heavy atom. The van der Waals surface area contributed by atoms with Gasteiger partial charge in [0.2, 0.25) is 0 Å². The third kappa shape index (κ3) is 15.8. The van der Waals surface area contributed by atoms with Crippen molar-refractivity contribution >= 4 is 49.4 Å². The van der Waals surface area contributed by atoms with Gasteiger partial charge in [0.25, 0.3) is 9.05 Å². The van der Waals surface area contributed by atoms with Crippen LogP contribution in [-0.4, -0.2) is 30.6 Å². The molecular formula is C17H21Cl3O6S2. The number of benzene rings is 2. The lowest BCUT2D eigenvalue weighted by Crippen LogP contribution is -1.97. The van der Waals surface area contributed by atoms with Crippen LogP contribution in [0.1, 0.15) is 19.8 Å². The predicted octanol–water partition coefficient (Wildman–Crippen LogP) is 5.20. The van der Waals surface area contributed by atoms with Crippen molar-refractivity contribution in [1.82, 2.24) is 0 Å². The number of para-hydroxylation sites is 1. The SMILES string of the molecule is CCCCOc1ccc(S(=O)(=O)Cl)cc1.COc1ccccc1.O=S(=O)(Cl)Cl. The zero-order valence-corrected chi connectivity index (χ0v) is 19.1. The summed E-state index contributed by atoms with van der Waals surface area (Å²) in [4.78, 5) is 0.0898. The van der Waals surface area contributed by atoms with E-state index in [4.69, 9.17) is 28.6 Å². The first kappa shape index (κ1) is 26.8. The Kier molecular flexibility index (Phi) is 13.3. The van der Waals surface area contributed by atoms with Crippen LogP contribution < -0.4 is 9.47 Å². The van der Waals surface area contributed by atoms with E-state index in [0.717, 1.165) is 18.6 Å². The van der Waals surface area contributed by atoms with Crippen molar-refractivity contribution < 1.29 is 26.3 Å². The van der Waals surface area contributed by atoms with E-state index < -0.39 is 17.3 Å². The van der Waals surface area contributed by atoms with Crippen LogP contribution >= 0.6 is 32.0 Å². The molecule has 28 heavy (non-hydrogen) atoms. The molecule has 0 aromatic heterocycles. The maximum absolute atomic E-state index is 10.9. The summed E-state index contributed by atoms with van der Waals surface area (Å²) < 4.78 is 50.5. The minimum Gasteiger partial charge on any atom is -0.497 e. The van der Waals surface area contributed by atoms with Crippen LogP contribution in [0.2, 0.25) is 0 Å². The second-order valence-corrected chi connectivity index (χ2v) is 11.2. The van der Waals surface area contributed by atoms with Crippen LogP contribution in [0.4, 0.5) is 0 Å². The highest BCUT2D eigenvalue weighted by Gasteiger charge is 2.08. The molecule has 0 fully saturated rings. The third-order valence-corrected chi connectivity index (χ3v) is 4.22. The normalized spacial score (nSPS) is 10.6. The van der Waals surface area contributed by atoms with E-state index in [1.165, 1.54) is 12.1 Å². The van der Waals surface area contributed by atoms with Crippen molar-refractivity contribution in [2.75, 3.05) is 13.7 Å². The van der Waals surface area contributed by atoms with E-state index in [9.17, 15) is 8.42 Å². The lowest BCUT2D eigenvalue weighted by atomic mass is 10.3. The molecule has 0 bridgehead atoms. The van der Waals surface area contributed by atoms with Crippen molar-refractivity contribution in [3.05, 3.63) is 54.6 Å². The van der Waals surface area contributed by atoms with Crippen molar-refractivity contribution in [3.8, 4) is 11.5 Å². The minimum atomic E-state index is -3.72. The minimum absolute atomic E-state index is 0.0898. The molecule has 0 atom stereocenters. The molecule has 0 saturated heterocycles. The molecule has 2 aromatic rings. The Morgan fingerprint density at radius 3 is 1.68 bits per heavy atom. The first-order valence-corrected chi connectivity index (χ1v) is 13.3. The molecule has 0 N–H and O–H groups in total. The lowest BCUT2D eigenvalue weighted by Gasteiger charge is -2.05. The van der Waals surface area contributed by atoms with Gasteiger partial charge >= 0.3 is 8.26 Å². The Labute approximate surface area is 179 Å². The maximum atomic E-state index is 10.9. The largest absolute Gasteiger partial charge is 0.497 e. The fourth-order valence-electron chi connectivity index (χ4n) is 1.59. The van der Waals surface area contributed by atoms with Crippen LogP contribution in [0.15, 0.2) is 59.5 Å². The molecule has 11 heteroatoms. The van der Waals surface area contributed by atoms with Gasteiger partial charge in [-0.1, -0.05) is 31.5 Å². The van der Waals surface area contributed by atoms with Crippen molar-refractivity contribution in [1.29, 1.82) is 0 Å². The molecule has 6 nitrogen and oxygen atoms in total. The van der Waals surface area contributed by atoms with Crippen molar-refractivity contribution in [2.24, 2.45) is 0 Å². The monoisotopic (exact) mass is 490 g/mol. The second-order valence-electron chi connectivity index (χ2n) is 5.01. The van der Waals surface area contributed by atoms with Gasteiger partial charge in [-0.3, -0.25) is 0 Å². The molecule has 0 spiro atoms. The Morgan fingerprint density at radius 2 is 1.32 bits per heavy atom. The smallest absolute Gasteiger partial charge is 0.317 e. The molecule has 0 aliphatic carbocycles. The molecule has 0 aliphatic heterocycles. The molecule has 0 aliphatic rings. The topological polar surface area (TPSA) is 86.7 Å². The van der Waals surface area contributed by atoms with Gasteiger partial charge in [0.05, 0.1) is 18.6 Å². The number of unbranched alkanes of at least 4 members (excludes halogenated alkanes) is 1. The molecule has 0 radical (unpaired) electrons. The molecule has 0 amide bonds. The zero-order valence-electron chi connectivity index (χ0n) is 15.2. The van der Waals surface area contributed by atoms with Crippen LogP contribution in [-0.2, 0) is 17.3 Å². The standard InChI is InChI=1S/C10H13ClO3S.C7H8O.Cl2O2S/c1-2-3-8-14-9-4-6-10(7-5-9)15(11,12)13;1-8-7-5-3-2-4-6-7;1-5(2,3)4/h4-7H,2-3,8H2,1H3;2-6H,1H3;. The first-order chi connectivity index (χ1) is 13.0. The van der Waals surface area contributed by atoms with Crippen LogP contribution in [0.25, 0.3) is 0 Å². The number of ether oxygens (including phenoxy) is 2. The molecular weight excluding hydrogens is 471 g/mol. The molecule has 158 valence electrons. The lowest BCUT2D eigenvalue weighted by molar-refractivity contribution is 0.309. The molecule has 0 unspecified atom stereocenters. The van der Waals surface area contributed by atoms with E-state index in [2.05, 4.69) is 28.3 Å². The number of methoxy groups -OCH3 is 1. The summed E-state index contributed by atoms with van der Waals surface area (Å²) in [5.41, 5.74) is 0. The summed E-state index contributed by atoms with van der Waals surface area (Å²) in [7, 11) is 8.02. The Hall–Kier alpha value is -1.19. The van der Waals surface area contributed by atoms with Gasteiger partial charge in [0.15, 0.2) is 0 Å². The summed E-state index contributed by atoms with van der Waals surface area (Å²) in [5, 5.41) is 0. The quantitative estimate of drug-likeness (QED) is 0.408. The van der Waals surface area contributed by atoms with Gasteiger partial charge in [-0.2, -0.15) is 8.42 Å². The number of halogens is 3. The third-order valence-electron chi connectivity index (χ3n) is 2.85. The average molecular weight is 492 g/mol. The van der Waals surface area contributed by atoms with E-state index in [-0.39, 0.29) is 4.90 Å². The summed E-state index contributed by atoms with van der Waals surface area (Å²) in [6, 6.07) is 15.8. The Balaban J connectivity index is 0.000000466. The van der Waals surface area contributed by atoms with Crippen LogP contribution in [0, 0.1) is 0 Å². The number of hydrogen-bond acceptors (Lipinski definition) is 6. The van der Waals surface area contributed by atoms with Crippen molar-refractivity contribution in [2.45, 2.75) is 24.7 Å².